The van der Waals surface area contributed by atoms with Crippen LogP contribution in [0.3, 0.4) is 0 Å². The van der Waals surface area contributed by atoms with Gasteiger partial charge in [0.1, 0.15) is 5.01 Å². The molecule has 0 aliphatic carbocycles. The van der Waals surface area contributed by atoms with Crippen molar-refractivity contribution in [2.45, 2.75) is 20.3 Å². The van der Waals surface area contributed by atoms with Crippen molar-refractivity contribution in [2.75, 3.05) is 5.32 Å². The van der Waals surface area contributed by atoms with E-state index < -0.39 is 0 Å². The van der Waals surface area contributed by atoms with Gasteiger partial charge in [-0.1, -0.05) is 71.5 Å². The third kappa shape index (κ3) is 4.53. The third-order valence-corrected chi connectivity index (χ3v) is 6.44. The molecule has 1 amide bonds. The van der Waals surface area contributed by atoms with Crippen molar-refractivity contribution in [3.05, 3.63) is 76.1 Å². The molecule has 0 saturated heterocycles. The zero-order valence-electron chi connectivity index (χ0n) is 16.5. The zero-order valence-corrected chi connectivity index (χ0v) is 18.1. The number of anilines is 1. The maximum absolute atomic E-state index is 12.5. The molecule has 1 N–H and O–H groups in total. The quantitative estimate of drug-likeness (QED) is 0.400. The minimum absolute atomic E-state index is 0.0749. The number of aryl methyl sites for hydroxylation is 1. The number of hydrogen-bond acceptors (Lipinski definition) is 6. The van der Waals surface area contributed by atoms with E-state index in [-0.39, 0.29) is 18.1 Å². The van der Waals surface area contributed by atoms with Gasteiger partial charge < -0.3 is 5.32 Å². The van der Waals surface area contributed by atoms with Crippen LogP contribution in [0.25, 0.3) is 21.8 Å². The molecule has 0 aliphatic heterocycles. The predicted molar refractivity (Wildman–Crippen MR) is 122 cm³/mol. The fraction of sp³-hybridized carbons (Fsp3) is 0.130. The van der Waals surface area contributed by atoms with Crippen molar-refractivity contribution in [3.63, 3.8) is 0 Å². The third-order valence-electron chi connectivity index (χ3n) is 4.43. The second-order valence-corrected chi connectivity index (χ2v) is 8.71. The van der Waals surface area contributed by atoms with Crippen LogP contribution in [0.5, 0.6) is 0 Å². The summed E-state index contributed by atoms with van der Waals surface area (Å²) >= 11 is 2.71. The summed E-state index contributed by atoms with van der Waals surface area (Å²) in [6, 6.07) is 17.6. The highest BCUT2D eigenvalue weighted by molar-refractivity contribution is 7.18. The van der Waals surface area contributed by atoms with Crippen LogP contribution >= 0.6 is 22.7 Å². The number of ketones is 1. The van der Waals surface area contributed by atoms with Gasteiger partial charge in [-0.2, -0.15) is 0 Å². The molecule has 0 unspecified atom stereocenters. The zero-order chi connectivity index (χ0) is 21.1. The number of nitrogens with one attached hydrogen (secondary N) is 1. The van der Waals surface area contributed by atoms with E-state index in [1.807, 2.05) is 66.9 Å². The van der Waals surface area contributed by atoms with E-state index in [0.717, 1.165) is 16.1 Å². The Kier molecular flexibility index (Phi) is 5.83. The fourth-order valence-electron chi connectivity index (χ4n) is 2.95. The van der Waals surface area contributed by atoms with Gasteiger partial charge in [0.2, 0.25) is 5.91 Å². The average molecular weight is 434 g/mol. The molecule has 0 atom stereocenters. The fourth-order valence-corrected chi connectivity index (χ4v) is 4.67. The van der Waals surface area contributed by atoms with Gasteiger partial charge in [-0.05, 0) is 6.92 Å². The summed E-state index contributed by atoms with van der Waals surface area (Å²) in [5, 5.41) is 6.01. The molecule has 0 fully saturated rings. The molecule has 5 nitrogen and oxygen atoms in total. The van der Waals surface area contributed by atoms with Crippen molar-refractivity contribution >= 4 is 39.5 Å². The molecule has 30 heavy (non-hydrogen) atoms. The van der Waals surface area contributed by atoms with Crippen LogP contribution in [0.1, 0.15) is 27.9 Å². The maximum atomic E-state index is 12.5. The van der Waals surface area contributed by atoms with Crippen LogP contribution in [0.4, 0.5) is 5.13 Å². The van der Waals surface area contributed by atoms with Gasteiger partial charge in [-0.25, -0.2) is 9.97 Å². The smallest absolute Gasteiger partial charge is 0.232 e. The lowest BCUT2D eigenvalue weighted by molar-refractivity contribution is -0.115. The lowest BCUT2D eigenvalue weighted by Crippen LogP contribution is -2.14. The van der Waals surface area contributed by atoms with E-state index >= 15 is 0 Å². The van der Waals surface area contributed by atoms with Crippen molar-refractivity contribution in [1.82, 2.24) is 9.97 Å². The second kappa shape index (κ2) is 8.69. The number of rotatable bonds is 6. The minimum Gasteiger partial charge on any atom is -0.302 e. The number of aromatic nitrogens is 2. The normalized spacial score (nSPS) is 10.7. The van der Waals surface area contributed by atoms with E-state index in [1.165, 1.54) is 35.2 Å². The summed E-state index contributed by atoms with van der Waals surface area (Å²) in [5.74, 6) is -0.284. The second-order valence-electron chi connectivity index (χ2n) is 6.85. The van der Waals surface area contributed by atoms with Gasteiger partial charge in [-0.15, -0.1) is 11.3 Å². The first-order valence-corrected chi connectivity index (χ1v) is 11.1. The topological polar surface area (TPSA) is 72.0 Å². The predicted octanol–water partition coefficient (Wildman–Crippen LogP) is 5.63. The number of carbonyl (C=O) groups excluding carboxylic acids is 2. The first kappa shape index (κ1) is 20.1. The highest BCUT2D eigenvalue weighted by Gasteiger charge is 2.18. The van der Waals surface area contributed by atoms with Gasteiger partial charge in [0, 0.05) is 23.4 Å². The van der Waals surface area contributed by atoms with Crippen molar-refractivity contribution < 1.29 is 9.59 Å². The molecule has 0 spiro atoms. The Hall–Kier alpha value is -3.16. The van der Waals surface area contributed by atoms with Gasteiger partial charge in [0.15, 0.2) is 10.9 Å². The Morgan fingerprint density at radius 2 is 1.70 bits per heavy atom. The SMILES string of the molecule is CC(=O)c1sc(NC(=O)Cc2csc(-c3ccc(C)cc3)n2)nc1-c1ccccc1. The summed E-state index contributed by atoms with van der Waals surface area (Å²) in [6.07, 6.45) is 0.151. The van der Waals surface area contributed by atoms with Crippen molar-refractivity contribution in [1.29, 1.82) is 0 Å². The molecule has 0 aliphatic rings. The first-order valence-electron chi connectivity index (χ1n) is 9.38. The summed E-state index contributed by atoms with van der Waals surface area (Å²) in [6.45, 7) is 3.55. The van der Waals surface area contributed by atoms with Gasteiger partial charge >= 0.3 is 0 Å². The van der Waals surface area contributed by atoms with E-state index in [2.05, 4.69) is 15.3 Å². The molecule has 0 bridgehead atoms. The number of amides is 1. The molecule has 7 heteroatoms. The Labute approximate surface area is 182 Å². The monoisotopic (exact) mass is 433 g/mol. The average Bonchev–Trinajstić information content (AvgIpc) is 3.36. The molecule has 4 aromatic rings. The van der Waals surface area contributed by atoms with Crippen LogP contribution in [0.15, 0.2) is 60.0 Å². The minimum atomic E-state index is -0.209. The lowest BCUT2D eigenvalue weighted by atomic mass is 10.1. The van der Waals surface area contributed by atoms with E-state index in [4.69, 9.17) is 0 Å². The van der Waals surface area contributed by atoms with Crippen LogP contribution in [0.2, 0.25) is 0 Å². The van der Waals surface area contributed by atoms with E-state index in [9.17, 15) is 9.59 Å². The number of carbonyl (C=O) groups is 2. The van der Waals surface area contributed by atoms with Crippen molar-refractivity contribution in [3.8, 4) is 21.8 Å². The summed E-state index contributed by atoms with van der Waals surface area (Å²) in [4.78, 5) is 34.2. The number of hydrogen-bond donors (Lipinski definition) is 1. The highest BCUT2D eigenvalue weighted by atomic mass is 32.1. The van der Waals surface area contributed by atoms with E-state index in [0.29, 0.717) is 21.4 Å². The highest BCUT2D eigenvalue weighted by Crippen LogP contribution is 2.31. The van der Waals surface area contributed by atoms with E-state index in [1.54, 1.807) is 0 Å². The first-order chi connectivity index (χ1) is 14.5. The molecule has 0 saturated carbocycles. The Morgan fingerprint density at radius 3 is 2.40 bits per heavy atom. The molecule has 2 heterocycles. The number of Topliss-reactive ketones (excluding diaryl/α,β-unsaturated/α-hetero) is 1. The van der Waals surface area contributed by atoms with Crippen LogP contribution < -0.4 is 5.32 Å². The molecule has 4 rings (SSSR count). The number of benzene rings is 2. The summed E-state index contributed by atoms with van der Waals surface area (Å²) in [5.41, 5.74) is 4.38. The Morgan fingerprint density at radius 1 is 0.967 bits per heavy atom. The lowest BCUT2D eigenvalue weighted by Gasteiger charge is -2.00. The largest absolute Gasteiger partial charge is 0.302 e. The molecule has 150 valence electrons. The Balaban J connectivity index is 1.48. The molecular weight excluding hydrogens is 414 g/mol. The summed E-state index contributed by atoms with van der Waals surface area (Å²) < 4.78 is 0. The molecule has 2 aromatic carbocycles. The van der Waals surface area contributed by atoms with Gasteiger partial charge in [0.25, 0.3) is 0 Å². The van der Waals surface area contributed by atoms with Gasteiger partial charge in [0.05, 0.1) is 22.7 Å². The molecule has 2 aromatic heterocycles. The number of thiazole rings is 2. The standard InChI is InChI=1S/C23H19N3O2S2/c1-14-8-10-17(11-9-14)22-24-18(13-29-22)12-19(28)25-23-26-20(21(30-23)15(2)27)16-6-4-3-5-7-16/h3-11,13H,12H2,1-2H3,(H,25,26,28). The van der Waals surface area contributed by atoms with Crippen LogP contribution in [-0.4, -0.2) is 21.7 Å². The van der Waals surface area contributed by atoms with Gasteiger partial charge in [-0.3, -0.25) is 9.59 Å². The summed E-state index contributed by atoms with van der Waals surface area (Å²) in [7, 11) is 0. The molecular formula is C23H19N3O2S2. The van der Waals surface area contributed by atoms with Crippen molar-refractivity contribution in [2.24, 2.45) is 0 Å². The van der Waals surface area contributed by atoms with Crippen LogP contribution in [0, 0.1) is 6.92 Å². The molecule has 0 radical (unpaired) electrons. The Bertz CT molecular complexity index is 1190. The van der Waals surface area contributed by atoms with Crippen LogP contribution in [-0.2, 0) is 11.2 Å². The number of nitrogens with zero attached hydrogens (tertiary/aromatic N) is 2. The maximum Gasteiger partial charge on any atom is 0.232 e.